The summed E-state index contributed by atoms with van der Waals surface area (Å²) in [7, 11) is 0. The van der Waals surface area contributed by atoms with Gasteiger partial charge in [-0.25, -0.2) is 0 Å². The third-order valence-electron chi connectivity index (χ3n) is 8.58. The van der Waals surface area contributed by atoms with E-state index < -0.39 is 0 Å². The molecule has 0 heterocycles. The highest BCUT2D eigenvalue weighted by molar-refractivity contribution is 5.47. The van der Waals surface area contributed by atoms with Gasteiger partial charge in [-0.1, -0.05) is 25.5 Å². The molecule has 1 N–H and O–H groups in total. The lowest BCUT2D eigenvalue weighted by atomic mass is 9.48. The Hall–Kier alpha value is -1.32. The van der Waals surface area contributed by atoms with Crippen molar-refractivity contribution in [2.24, 2.45) is 28.6 Å². The summed E-state index contributed by atoms with van der Waals surface area (Å²) in [6.45, 7) is 5.49. The first-order valence-corrected chi connectivity index (χ1v) is 10.0. The van der Waals surface area contributed by atoms with Gasteiger partial charge in [-0.2, -0.15) is 0 Å². The number of carbonyl (C=O) groups excluding carboxylic acids is 2. The van der Waals surface area contributed by atoms with Crippen molar-refractivity contribution in [3.8, 4) is 0 Å². The Morgan fingerprint density at radius 3 is 2.72 bits per heavy atom. The number of hydrogen-bond acceptors (Lipinski definition) is 3. The maximum Gasteiger partial charge on any atom is 0.293 e. The first kappa shape index (κ1) is 17.1. The molecule has 0 radical (unpaired) electrons. The molecule has 0 bridgehead atoms. The van der Waals surface area contributed by atoms with Crippen LogP contribution in [0.1, 0.15) is 65.2 Å². The average molecular weight is 345 g/mol. The fourth-order valence-electron chi connectivity index (χ4n) is 7.18. The van der Waals surface area contributed by atoms with Gasteiger partial charge in [0.1, 0.15) is 6.10 Å². The predicted molar refractivity (Wildman–Crippen MR) is 95.6 cm³/mol. The molecule has 0 aliphatic heterocycles. The molecule has 4 nitrogen and oxygen atoms in total. The lowest BCUT2D eigenvalue weighted by molar-refractivity contribution is -0.136. The highest BCUT2D eigenvalue weighted by Gasteiger charge is 2.58. The molecule has 25 heavy (non-hydrogen) atoms. The Balaban J connectivity index is 1.59. The average Bonchev–Trinajstić information content (AvgIpc) is 2.93. The van der Waals surface area contributed by atoms with Crippen molar-refractivity contribution in [1.29, 1.82) is 0 Å². The SMILES string of the molecule is C[C@]12CC[C@H]3[C@@H](CC=C4C[C@@H](OC=O)CC[C@@]43C)[C@@H]1CC[C@@H]2NC=O. The molecule has 4 rings (SSSR count). The zero-order chi connectivity index (χ0) is 17.7. The molecular formula is C21H31NO3. The van der Waals surface area contributed by atoms with E-state index in [0.717, 1.165) is 56.3 Å². The zero-order valence-electron chi connectivity index (χ0n) is 15.5. The van der Waals surface area contributed by atoms with Crippen LogP contribution in [0.3, 0.4) is 0 Å². The number of allylic oxidation sites excluding steroid dienone is 1. The van der Waals surface area contributed by atoms with Crippen LogP contribution in [0.2, 0.25) is 0 Å². The van der Waals surface area contributed by atoms with Crippen LogP contribution in [0, 0.1) is 28.6 Å². The van der Waals surface area contributed by atoms with Crippen LogP contribution in [0.25, 0.3) is 0 Å². The molecule has 0 aromatic heterocycles. The summed E-state index contributed by atoms with van der Waals surface area (Å²) >= 11 is 0. The highest BCUT2D eigenvalue weighted by atomic mass is 16.5. The van der Waals surface area contributed by atoms with Crippen LogP contribution in [0.4, 0.5) is 0 Å². The summed E-state index contributed by atoms with van der Waals surface area (Å²) in [4.78, 5) is 21.7. The van der Waals surface area contributed by atoms with Crippen LogP contribution in [-0.4, -0.2) is 25.0 Å². The van der Waals surface area contributed by atoms with E-state index in [2.05, 4.69) is 25.2 Å². The summed E-state index contributed by atoms with van der Waals surface area (Å²) in [6, 6.07) is 0.353. The first-order valence-electron chi connectivity index (χ1n) is 10.0. The Bertz CT molecular complexity index is 588. The number of carbonyl (C=O) groups is 2. The smallest absolute Gasteiger partial charge is 0.293 e. The van der Waals surface area contributed by atoms with E-state index in [1.165, 1.54) is 24.8 Å². The fraction of sp³-hybridized carbons (Fsp3) is 0.810. The van der Waals surface area contributed by atoms with Crippen molar-refractivity contribution in [3.05, 3.63) is 11.6 Å². The van der Waals surface area contributed by atoms with Crippen molar-refractivity contribution >= 4 is 12.9 Å². The van der Waals surface area contributed by atoms with Crippen molar-refractivity contribution in [3.63, 3.8) is 0 Å². The molecule has 0 spiro atoms. The maximum absolute atomic E-state index is 11.0. The minimum atomic E-state index is 0.0786. The third kappa shape index (κ3) is 2.47. The normalized spacial score (nSPS) is 48.4. The topological polar surface area (TPSA) is 55.4 Å². The van der Waals surface area contributed by atoms with Crippen LogP contribution in [0.15, 0.2) is 11.6 Å². The molecule has 4 heteroatoms. The van der Waals surface area contributed by atoms with E-state index in [0.29, 0.717) is 12.5 Å². The molecule has 0 aromatic carbocycles. The summed E-state index contributed by atoms with van der Waals surface area (Å²) in [5, 5.41) is 3.12. The second-order valence-corrected chi connectivity index (χ2v) is 9.32. The zero-order valence-corrected chi connectivity index (χ0v) is 15.5. The van der Waals surface area contributed by atoms with E-state index in [1.807, 2.05) is 0 Å². The largest absolute Gasteiger partial charge is 0.464 e. The molecule has 7 atom stereocenters. The molecule has 3 fully saturated rings. The summed E-state index contributed by atoms with van der Waals surface area (Å²) in [6.07, 6.45) is 12.5. The first-order chi connectivity index (χ1) is 12.0. The summed E-state index contributed by atoms with van der Waals surface area (Å²) in [5.41, 5.74) is 2.08. The lowest BCUT2D eigenvalue weighted by Crippen LogP contribution is -2.53. The van der Waals surface area contributed by atoms with Crippen molar-refractivity contribution in [2.45, 2.75) is 77.4 Å². The van der Waals surface area contributed by atoms with Crippen molar-refractivity contribution in [2.75, 3.05) is 0 Å². The lowest BCUT2D eigenvalue weighted by Gasteiger charge is -2.58. The van der Waals surface area contributed by atoms with Gasteiger partial charge in [-0.05, 0) is 73.5 Å². The van der Waals surface area contributed by atoms with E-state index in [4.69, 9.17) is 4.74 Å². The molecule has 0 aromatic rings. The Kier molecular flexibility index (Phi) is 4.20. The standard InChI is InChI=1S/C21H31NO3/c1-20-9-7-15(25-13-24)11-14(20)3-4-16-17-5-6-19(22-12-23)21(17,2)10-8-18(16)20/h3,12-13,15-19H,4-11H2,1-2H3,(H,22,23)/t15-,16-,17-,18-,19-,20-,21-/m0/s1. The Morgan fingerprint density at radius 1 is 1.12 bits per heavy atom. The van der Waals surface area contributed by atoms with Crippen molar-refractivity contribution in [1.82, 2.24) is 5.32 Å². The van der Waals surface area contributed by atoms with E-state index >= 15 is 0 Å². The minimum Gasteiger partial charge on any atom is -0.464 e. The van der Waals surface area contributed by atoms with Crippen LogP contribution < -0.4 is 5.32 Å². The Labute approximate surface area is 150 Å². The van der Waals surface area contributed by atoms with E-state index in [-0.39, 0.29) is 16.9 Å². The third-order valence-corrected chi connectivity index (χ3v) is 8.58. The molecule has 3 saturated carbocycles. The van der Waals surface area contributed by atoms with Crippen molar-refractivity contribution < 1.29 is 14.3 Å². The summed E-state index contributed by atoms with van der Waals surface area (Å²) < 4.78 is 5.28. The molecule has 0 unspecified atom stereocenters. The minimum absolute atomic E-state index is 0.0786. The number of nitrogens with one attached hydrogen (secondary N) is 1. The quantitative estimate of drug-likeness (QED) is 0.625. The van der Waals surface area contributed by atoms with E-state index in [9.17, 15) is 9.59 Å². The molecule has 4 aliphatic rings. The second-order valence-electron chi connectivity index (χ2n) is 9.32. The highest BCUT2D eigenvalue weighted by Crippen LogP contribution is 2.64. The van der Waals surface area contributed by atoms with Crippen LogP contribution >= 0.6 is 0 Å². The van der Waals surface area contributed by atoms with Gasteiger partial charge in [0, 0.05) is 12.5 Å². The number of rotatable bonds is 4. The molecular weight excluding hydrogens is 314 g/mol. The van der Waals surface area contributed by atoms with Gasteiger partial charge in [0.25, 0.3) is 6.47 Å². The fourth-order valence-corrected chi connectivity index (χ4v) is 7.18. The molecule has 138 valence electrons. The predicted octanol–water partition coefficient (Wildman–Crippen LogP) is 3.61. The maximum atomic E-state index is 11.0. The van der Waals surface area contributed by atoms with E-state index in [1.54, 1.807) is 0 Å². The van der Waals surface area contributed by atoms with Gasteiger partial charge < -0.3 is 10.1 Å². The molecule has 4 aliphatic carbocycles. The Morgan fingerprint density at radius 2 is 1.96 bits per heavy atom. The van der Waals surface area contributed by atoms with Gasteiger partial charge in [0.05, 0.1) is 0 Å². The number of ether oxygens (including phenoxy) is 1. The second kappa shape index (κ2) is 6.14. The van der Waals surface area contributed by atoms with Crippen LogP contribution in [0.5, 0.6) is 0 Å². The number of amides is 1. The monoisotopic (exact) mass is 345 g/mol. The van der Waals surface area contributed by atoms with Gasteiger partial charge in [-0.3, -0.25) is 9.59 Å². The van der Waals surface area contributed by atoms with Crippen LogP contribution in [-0.2, 0) is 14.3 Å². The number of hydrogen-bond donors (Lipinski definition) is 1. The summed E-state index contributed by atoms with van der Waals surface area (Å²) in [5.74, 6) is 2.22. The van der Waals surface area contributed by atoms with Gasteiger partial charge in [0.15, 0.2) is 0 Å². The van der Waals surface area contributed by atoms with Gasteiger partial charge in [-0.15, -0.1) is 0 Å². The molecule has 0 saturated heterocycles. The molecule has 1 amide bonds. The van der Waals surface area contributed by atoms with Gasteiger partial charge >= 0.3 is 0 Å². The van der Waals surface area contributed by atoms with Gasteiger partial charge in [0.2, 0.25) is 6.41 Å². The number of fused-ring (bicyclic) bond motifs is 5.